The van der Waals surface area contributed by atoms with Gasteiger partial charge in [-0.1, -0.05) is 12.1 Å². The molecule has 1 rings (SSSR count). The van der Waals surface area contributed by atoms with E-state index in [4.69, 9.17) is 9.84 Å². The van der Waals surface area contributed by atoms with Crippen molar-refractivity contribution in [2.75, 3.05) is 0 Å². The Labute approximate surface area is 110 Å². The van der Waals surface area contributed by atoms with E-state index < -0.39 is 29.5 Å². The minimum absolute atomic E-state index is 0.264. The summed E-state index contributed by atoms with van der Waals surface area (Å²) in [5.74, 6) is -1.73. The van der Waals surface area contributed by atoms with Crippen molar-refractivity contribution in [2.45, 2.75) is 32.4 Å². The van der Waals surface area contributed by atoms with E-state index >= 15 is 0 Å². The maximum atomic E-state index is 12.8. The highest BCUT2D eigenvalue weighted by atomic mass is 19.1. The van der Waals surface area contributed by atoms with Gasteiger partial charge >= 0.3 is 12.1 Å². The summed E-state index contributed by atoms with van der Waals surface area (Å²) in [6, 6.07) is 3.57. The number of carboxylic acid groups (broad SMARTS) is 1. The molecule has 6 heteroatoms. The first kappa shape index (κ1) is 14.9. The second-order valence-electron chi connectivity index (χ2n) is 4.97. The number of amides is 1. The Kier molecular flexibility index (Phi) is 4.47. The Morgan fingerprint density at radius 1 is 1.26 bits per heavy atom. The van der Waals surface area contributed by atoms with Crippen LogP contribution >= 0.6 is 0 Å². The fourth-order valence-electron chi connectivity index (χ4n) is 1.37. The molecular weight excluding hydrogens is 253 g/mol. The summed E-state index contributed by atoms with van der Waals surface area (Å²) in [6.45, 7) is 5.00. The molecule has 0 aliphatic carbocycles. The first-order valence-electron chi connectivity index (χ1n) is 5.67. The lowest BCUT2D eigenvalue weighted by Gasteiger charge is -2.22. The number of hydrogen-bond donors (Lipinski definition) is 2. The predicted molar refractivity (Wildman–Crippen MR) is 66.1 cm³/mol. The van der Waals surface area contributed by atoms with Gasteiger partial charge in [-0.05, 0) is 38.5 Å². The third-order valence-corrected chi connectivity index (χ3v) is 2.11. The van der Waals surface area contributed by atoms with Crippen molar-refractivity contribution < 1.29 is 23.8 Å². The van der Waals surface area contributed by atoms with Crippen LogP contribution in [0, 0.1) is 5.82 Å². The summed E-state index contributed by atoms with van der Waals surface area (Å²) in [4.78, 5) is 22.7. The van der Waals surface area contributed by atoms with Gasteiger partial charge in [0.05, 0.1) is 0 Å². The zero-order chi connectivity index (χ0) is 14.6. The minimum Gasteiger partial charge on any atom is -0.479 e. The predicted octanol–water partition coefficient (Wildman–Crippen LogP) is 2.48. The molecule has 104 valence electrons. The molecule has 19 heavy (non-hydrogen) atoms. The third kappa shape index (κ3) is 4.95. The second kappa shape index (κ2) is 5.69. The Balaban J connectivity index is 2.82. The number of carbonyl (C=O) groups is 2. The lowest BCUT2D eigenvalue weighted by molar-refractivity contribution is -0.139. The molecule has 0 aromatic heterocycles. The number of aliphatic carboxylic acids is 1. The van der Waals surface area contributed by atoms with Crippen molar-refractivity contribution >= 4 is 12.1 Å². The number of benzene rings is 1. The highest BCUT2D eigenvalue weighted by molar-refractivity contribution is 5.81. The summed E-state index contributed by atoms with van der Waals surface area (Å²) in [5.41, 5.74) is -0.463. The van der Waals surface area contributed by atoms with Gasteiger partial charge in [0.2, 0.25) is 0 Å². The summed E-state index contributed by atoms with van der Waals surface area (Å²) in [7, 11) is 0. The number of alkyl carbamates (subject to hydrolysis) is 1. The first-order chi connectivity index (χ1) is 8.69. The molecule has 0 heterocycles. The SMILES string of the molecule is CC(C)(C)OC(=O)N[C@H](C(=O)O)c1ccc(F)cc1. The zero-order valence-corrected chi connectivity index (χ0v) is 10.9. The van der Waals surface area contributed by atoms with Gasteiger partial charge in [-0.3, -0.25) is 0 Å². The molecule has 0 unspecified atom stereocenters. The smallest absolute Gasteiger partial charge is 0.408 e. The van der Waals surface area contributed by atoms with Gasteiger partial charge < -0.3 is 15.2 Å². The van der Waals surface area contributed by atoms with Crippen LogP contribution in [0.25, 0.3) is 0 Å². The lowest BCUT2D eigenvalue weighted by Crippen LogP contribution is -2.38. The largest absolute Gasteiger partial charge is 0.479 e. The molecule has 0 aliphatic heterocycles. The van der Waals surface area contributed by atoms with Gasteiger partial charge in [-0.25, -0.2) is 14.0 Å². The van der Waals surface area contributed by atoms with E-state index in [9.17, 15) is 14.0 Å². The highest BCUT2D eigenvalue weighted by Crippen LogP contribution is 2.15. The summed E-state index contributed by atoms with van der Waals surface area (Å²) < 4.78 is 17.8. The van der Waals surface area contributed by atoms with Crippen LogP contribution in [0.3, 0.4) is 0 Å². The number of carbonyl (C=O) groups excluding carboxylic acids is 1. The average molecular weight is 269 g/mol. The molecule has 0 saturated heterocycles. The molecule has 0 saturated carbocycles. The monoisotopic (exact) mass is 269 g/mol. The van der Waals surface area contributed by atoms with Gasteiger partial charge in [0.25, 0.3) is 0 Å². The minimum atomic E-state index is -1.28. The van der Waals surface area contributed by atoms with E-state index in [0.717, 1.165) is 12.1 Å². The average Bonchev–Trinajstić information content (AvgIpc) is 2.24. The third-order valence-electron chi connectivity index (χ3n) is 2.11. The fourth-order valence-corrected chi connectivity index (χ4v) is 1.37. The number of halogens is 1. The van der Waals surface area contributed by atoms with Gasteiger partial charge in [-0.15, -0.1) is 0 Å². The molecule has 0 bridgehead atoms. The first-order valence-corrected chi connectivity index (χ1v) is 5.67. The molecule has 1 aromatic carbocycles. The maximum Gasteiger partial charge on any atom is 0.408 e. The second-order valence-corrected chi connectivity index (χ2v) is 4.97. The van der Waals surface area contributed by atoms with Crippen LogP contribution in [-0.4, -0.2) is 22.8 Å². The molecule has 2 N–H and O–H groups in total. The molecular formula is C13H16FNO4. The molecule has 1 aromatic rings. The summed E-state index contributed by atoms with van der Waals surface area (Å²) in [5, 5.41) is 11.3. The summed E-state index contributed by atoms with van der Waals surface area (Å²) >= 11 is 0. The van der Waals surface area contributed by atoms with Crippen molar-refractivity contribution in [1.29, 1.82) is 0 Å². The standard InChI is InChI=1S/C13H16FNO4/c1-13(2,3)19-12(18)15-10(11(16)17)8-4-6-9(14)7-5-8/h4-7,10H,1-3H3,(H,15,18)(H,16,17)/t10-/m0/s1. The number of carboxylic acids is 1. The molecule has 0 fully saturated rings. The van der Waals surface area contributed by atoms with Crippen LogP contribution in [0.5, 0.6) is 0 Å². The number of ether oxygens (including phenoxy) is 1. The van der Waals surface area contributed by atoms with E-state index in [-0.39, 0.29) is 5.56 Å². The van der Waals surface area contributed by atoms with Crippen molar-refractivity contribution in [3.63, 3.8) is 0 Å². The quantitative estimate of drug-likeness (QED) is 0.883. The van der Waals surface area contributed by atoms with Crippen LogP contribution in [0.2, 0.25) is 0 Å². The Morgan fingerprint density at radius 2 is 1.79 bits per heavy atom. The van der Waals surface area contributed by atoms with Crippen LogP contribution in [0.15, 0.2) is 24.3 Å². The van der Waals surface area contributed by atoms with E-state index in [0.29, 0.717) is 0 Å². The van der Waals surface area contributed by atoms with Crippen LogP contribution in [-0.2, 0) is 9.53 Å². The molecule has 5 nitrogen and oxygen atoms in total. The van der Waals surface area contributed by atoms with Crippen LogP contribution in [0.4, 0.5) is 9.18 Å². The zero-order valence-electron chi connectivity index (χ0n) is 10.9. The molecule has 0 spiro atoms. The molecule has 0 radical (unpaired) electrons. The Morgan fingerprint density at radius 3 is 2.21 bits per heavy atom. The van der Waals surface area contributed by atoms with Gasteiger partial charge in [0, 0.05) is 0 Å². The number of nitrogens with one attached hydrogen (secondary N) is 1. The van der Waals surface area contributed by atoms with E-state index in [1.807, 2.05) is 0 Å². The van der Waals surface area contributed by atoms with Crippen molar-refractivity contribution in [3.05, 3.63) is 35.6 Å². The number of hydrogen-bond acceptors (Lipinski definition) is 3. The fraction of sp³-hybridized carbons (Fsp3) is 0.385. The van der Waals surface area contributed by atoms with Crippen molar-refractivity contribution in [3.8, 4) is 0 Å². The van der Waals surface area contributed by atoms with E-state index in [2.05, 4.69) is 5.32 Å². The molecule has 0 aliphatic rings. The maximum absolute atomic E-state index is 12.8. The van der Waals surface area contributed by atoms with Gasteiger partial charge in [0.15, 0.2) is 6.04 Å². The van der Waals surface area contributed by atoms with E-state index in [1.165, 1.54) is 12.1 Å². The summed E-state index contributed by atoms with van der Waals surface area (Å²) in [6.07, 6.45) is -0.843. The van der Waals surface area contributed by atoms with Crippen molar-refractivity contribution in [1.82, 2.24) is 5.32 Å². The highest BCUT2D eigenvalue weighted by Gasteiger charge is 2.25. The Hall–Kier alpha value is -2.11. The molecule has 1 amide bonds. The lowest BCUT2D eigenvalue weighted by atomic mass is 10.1. The van der Waals surface area contributed by atoms with Crippen molar-refractivity contribution in [2.24, 2.45) is 0 Å². The van der Waals surface area contributed by atoms with Gasteiger partial charge in [0.1, 0.15) is 11.4 Å². The number of rotatable bonds is 3. The van der Waals surface area contributed by atoms with E-state index in [1.54, 1.807) is 20.8 Å². The van der Waals surface area contributed by atoms with Gasteiger partial charge in [-0.2, -0.15) is 0 Å². The van der Waals surface area contributed by atoms with Crippen LogP contribution in [0.1, 0.15) is 32.4 Å². The molecule has 1 atom stereocenters. The van der Waals surface area contributed by atoms with Crippen LogP contribution < -0.4 is 5.32 Å². The normalized spacial score (nSPS) is 12.6. The Bertz CT molecular complexity index is 465. The topological polar surface area (TPSA) is 75.6 Å².